The molecule has 1 N–H and O–H groups in total. The molecule has 3 heterocycles. The summed E-state index contributed by atoms with van der Waals surface area (Å²) in [5.74, 6) is 0.976. The highest BCUT2D eigenvalue weighted by Gasteiger charge is 2.27. The van der Waals surface area contributed by atoms with Crippen molar-refractivity contribution in [3.8, 4) is 0 Å². The monoisotopic (exact) mass is 365 g/mol. The summed E-state index contributed by atoms with van der Waals surface area (Å²) in [5.41, 5.74) is 1.25. The first-order valence-electron chi connectivity index (χ1n) is 9.20. The number of furan rings is 2. The van der Waals surface area contributed by atoms with E-state index in [1.165, 1.54) is 12.0 Å². The van der Waals surface area contributed by atoms with E-state index in [0.29, 0.717) is 12.3 Å². The number of hydrogen-bond donors (Lipinski definition) is 1. The van der Waals surface area contributed by atoms with Crippen LogP contribution in [0.5, 0.6) is 0 Å². The molecule has 4 rings (SSSR count). The van der Waals surface area contributed by atoms with Gasteiger partial charge in [-0.25, -0.2) is 0 Å². The molecule has 1 aliphatic rings. The van der Waals surface area contributed by atoms with Crippen molar-refractivity contribution in [1.29, 1.82) is 0 Å². The summed E-state index contributed by atoms with van der Waals surface area (Å²) in [5, 5.41) is 2.97. The lowest BCUT2D eigenvalue weighted by Gasteiger charge is -2.39. The van der Waals surface area contributed by atoms with Gasteiger partial charge in [0.25, 0.3) is 5.91 Å². The SMILES string of the molecule is O=C(NC[C@@H](c1ccco1)N1CCN(c2ccccc2)CC1)c1ccco1. The summed E-state index contributed by atoms with van der Waals surface area (Å²) in [6.07, 6.45) is 3.18. The van der Waals surface area contributed by atoms with Gasteiger partial charge in [0.05, 0.1) is 18.6 Å². The number of amides is 1. The van der Waals surface area contributed by atoms with E-state index in [1.54, 1.807) is 18.4 Å². The molecule has 0 unspecified atom stereocenters. The van der Waals surface area contributed by atoms with Crippen LogP contribution in [0.15, 0.2) is 76.0 Å². The van der Waals surface area contributed by atoms with Crippen LogP contribution in [0, 0.1) is 0 Å². The van der Waals surface area contributed by atoms with E-state index in [4.69, 9.17) is 8.83 Å². The number of nitrogens with zero attached hydrogens (tertiary/aromatic N) is 2. The first-order valence-corrected chi connectivity index (χ1v) is 9.20. The van der Waals surface area contributed by atoms with Gasteiger partial charge in [0.2, 0.25) is 0 Å². The molecule has 1 aromatic carbocycles. The Morgan fingerprint density at radius 1 is 0.926 bits per heavy atom. The van der Waals surface area contributed by atoms with Crippen molar-refractivity contribution >= 4 is 11.6 Å². The molecule has 6 nitrogen and oxygen atoms in total. The van der Waals surface area contributed by atoms with E-state index in [1.807, 2.05) is 18.2 Å². The average molecular weight is 365 g/mol. The van der Waals surface area contributed by atoms with Gasteiger partial charge in [-0.2, -0.15) is 0 Å². The zero-order chi connectivity index (χ0) is 18.5. The second-order valence-electron chi connectivity index (χ2n) is 6.58. The number of rotatable bonds is 6. The predicted octanol–water partition coefficient (Wildman–Crippen LogP) is 3.17. The summed E-state index contributed by atoms with van der Waals surface area (Å²) in [4.78, 5) is 17.0. The van der Waals surface area contributed by atoms with E-state index in [9.17, 15) is 4.79 Å². The minimum atomic E-state index is -0.209. The third kappa shape index (κ3) is 4.06. The first kappa shape index (κ1) is 17.4. The molecule has 2 aromatic heterocycles. The topological polar surface area (TPSA) is 61.9 Å². The van der Waals surface area contributed by atoms with Crippen LogP contribution in [-0.4, -0.2) is 43.5 Å². The van der Waals surface area contributed by atoms with E-state index in [2.05, 4.69) is 39.4 Å². The predicted molar refractivity (Wildman–Crippen MR) is 103 cm³/mol. The molecule has 0 aliphatic carbocycles. The molecule has 3 aromatic rings. The van der Waals surface area contributed by atoms with Crippen LogP contribution >= 0.6 is 0 Å². The Morgan fingerprint density at radius 3 is 2.33 bits per heavy atom. The molecule has 1 amide bonds. The van der Waals surface area contributed by atoms with E-state index >= 15 is 0 Å². The molecular weight excluding hydrogens is 342 g/mol. The van der Waals surface area contributed by atoms with Gasteiger partial charge in [-0.3, -0.25) is 9.69 Å². The second-order valence-corrected chi connectivity index (χ2v) is 6.58. The molecule has 1 atom stereocenters. The van der Waals surface area contributed by atoms with E-state index in [0.717, 1.165) is 31.9 Å². The van der Waals surface area contributed by atoms with Gasteiger partial charge in [0.1, 0.15) is 5.76 Å². The van der Waals surface area contributed by atoms with Crippen LogP contribution in [0.1, 0.15) is 22.4 Å². The Morgan fingerprint density at radius 2 is 1.67 bits per heavy atom. The number of anilines is 1. The normalized spacial score (nSPS) is 16.2. The maximum Gasteiger partial charge on any atom is 0.287 e. The quantitative estimate of drug-likeness (QED) is 0.727. The molecule has 27 heavy (non-hydrogen) atoms. The van der Waals surface area contributed by atoms with Crippen molar-refractivity contribution in [3.05, 3.63) is 78.6 Å². The second kappa shape index (κ2) is 8.14. The van der Waals surface area contributed by atoms with E-state index < -0.39 is 0 Å². The number of benzene rings is 1. The molecular formula is C21H23N3O3. The molecule has 140 valence electrons. The number of hydrogen-bond acceptors (Lipinski definition) is 5. The van der Waals surface area contributed by atoms with Gasteiger partial charge < -0.3 is 19.1 Å². The van der Waals surface area contributed by atoms with Gasteiger partial charge in [-0.1, -0.05) is 18.2 Å². The van der Waals surface area contributed by atoms with Crippen molar-refractivity contribution < 1.29 is 13.6 Å². The highest BCUT2D eigenvalue weighted by molar-refractivity contribution is 5.91. The van der Waals surface area contributed by atoms with Crippen LogP contribution in [0.25, 0.3) is 0 Å². The molecule has 1 saturated heterocycles. The van der Waals surface area contributed by atoms with Crippen LogP contribution < -0.4 is 10.2 Å². The number of carbonyl (C=O) groups excluding carboxylic acids is 1. The summed E-state index contributed by atoms with van der Waals surface area (Å²) in [7, 11) is 0. The van der Waals surface area contributed by atoms with Crippen molar-refractivity contribution in [2.24, 2.45) is 0 Å². The fourth-order valence-electron chi connectivity index (χ4n) is 3.51. The molecule has 0 bridgehead atoms. The lowest BCUT2D eigenvalue weighted by molar-refractivity contribution is 0.0895. The molecule has 0 spiro atoms. The Labute approximate surface area is 158 Å². The van der Waals surface area contributed by atoms with Gasteiger partial charge in [-0.05, 0) is 36.4 Å². The standard InChI is InChI=1S/C21H23N3O3/c25-21(20-9-5-15-27-20)22-16-18(19-8-4-14-26-19)24-12-10-23(11-13-24)17-6-2-1-3-7-17/h1-9,14-15,18H,10-13,16H2,(H,22,25)/t18-/m0/s1. The van der Waals surface area contributed by atoms with Gasteiger partial charge in [0, 0.05) is 38.4 Å². The fourth-order valence-corrected chi connectivity index (χ4v) is 3.51. The summed E-state index contributed by atoms with van der Waals surface area (Å²) < 4.78 is 10.8. The Bertz CT molecular complexity index is 823. The molecule has 1 fully saturated rings. The van der Waals surface area contributed by atoms with Crippen LogP contribution in [0.2, 0.25) is 0 Å². The Balaban J connectivity index is 1.40. The summed E-state index contributed by atoms with van der Waals surface area (Å²) in [6, 6.07) is 17.7. The highest BCUT2D eigenvalue weighted by atomic mass is 16.3. The first-order chi connectivity index (χ1) is 13.3. The van der Waals surface area contributed by atoms with Crippen LogP contribution in [-0.2, 0) is 0 Å². The van der Waals surface area contributed by atoms with Crippen molar-refractivity contribution in [2.75, 3.05) is 37.6 Å². The lowest BCUT2D eigenvalue weighted by atomic mass is 10.1. The van der Waals surface area contributed by atoms with Crippen molar-refractivity contribution in [2.45, 2.75) is 6.04 Å². The Hall–Kier alpha value is -2.99. The van der Waals surface area contributed by atoms with Crippen molar-refractivity contribution in [3.63, 3.8) is 0 Å². The minimum Gasteiger partial charge on any atom is -0.468 e. The van der Waals surface area contributed by atoms with E-state index in [-0.39, 0.29) is 11.9 Å². The highest BCUT2D eigenvalue weighted by Crippen LogP contribution is 2.24. The number of nitrogens with one attached hydrogen (secondary N) is 1. The van der Waals surface area contributed by atoms with Crippen LogP contribution in [0.3, 0.4) is 0 Å². The maximum atomic E-state index is 12.2. The van der Waals surface area contributed by atoms with Gasteiger partial charge >= 0.3 is 0 Å². The minimum absolute atomic E-state index is 0.00293. The molecule has 1 aliphatic heterocycles. The summed E-state index contributed by atoms with van der Waals surface area (Å²) in [6.45, 7) is 4.15. The van der Waals surface area contributed by atoms with Gasteiger partial charge in [-0.15, -0.1) is 0 Å². The average Bonchev–Trinajstić information content (AvgIpc) is 3.44. The zero-order valence-electron chi connectivity index (χ0n) is 15.1. The summed E-state index contributed by atoms with van der Waals surface area (Å²) >= 11 is 0. The molecule has 6 heteroatoms. The zero-order valence-corrected chi connectivity index (χ0v) is 15.1. The Kier molecular flexibility index (Phi) is 5.25. The number of para-hydroxylation sites is 1. The fraction of sp³-hybridized carbons (Fsp3) is 0.286. The molecule has 0 radical (unpaired) electrons. The third-order valence-corrected chi connectivity index (χ3v) is 4.95. The maximum absolute atomic E-state index is 12.2. The number of carbonyl (C=O) groups is 1. The third-order valence-electron chi connectivity index (χ3n) is 4.95. The lowest BCUT2D eigenvalue weighted by Crippen LogP contribution is -2.49. The number of piperazine rings is 1. The molecule has 0 saturated carbocycles. The smallest absolute Gasteiger partial charge is 0.287 e. The van der Waals surface area contributed by atoms with Gasteiger partial charge in [0.15, 0.2) is 5.76 Å². The van der Waals surface area contributed by atoms with Crippen molar-refractivity contribution in [1.82, 2.24) is 10.2 Å². The van der Waals surface area contributed by atoms with Crippen LogP contribution in [0.4, 0.5) is 5.69 Å². The largest absolute Gasteiger partial charge is 0.468 e.